The first kappa shape index (κ1) is 15.0. The molecule has 0 spiro atoms. The zero-order valence-corrected chi connectivity index (χ0v) is 12.0. The number of likely N-dealkylation sites (N-methyl/N-ethyl adjacent to an activating group) is 1. The van der Waals surface area contributed by atoms with Crippen molar-refractivity contribution < 1.29 is 4.74 Å². The van der Waals surface area contributed by atoms with Crippen LogP contribution < -0.4 is 10.6 Å². The monoisotopic (exact) mass is 250 g/mol. The smallest absolute Gasteiger partial charge is 0.0644 e. The molecule has 0 saturated heterocycles. The second-order valence-corrected chi connectivity index (χ2v) is 4.95. The molecule has 0 unspecified atom stereocenters. The van der Waals surface area contributed by atoms with Gasteiger partial charge < -0.3 is 15.4 Å². The van der Waals surface area contributed by atoms with Crippen molar-refractivity contribution >= 4 is 5.69 Å². The summed E-state index contributed by atoms with van der Waals surface area (Å²) in [6.07, 6.45) is 1.26. The van der Waals surface area contributed by atoms with Gasteiger partial charge in [0.15, 0.2) is 0 Å². The first-order valence-corrected chi connectivity index (χ1v) is 6.72. The van der Waals surface area contributed by atoms with E-state index in [4.69, 9.17) is 10.5 Å². The maximum atomic E-state index is 6.00. The minimum atomic E-state index is 0.147. The third-order valence-electron chi connectivity index (χ3n) is 3.08. The zero-order valence-electron chi connectivity index (χ0n) is 12.0. The van der Waals surface area contributed by atoms with Crippen molar-refractivity contribution in [1.82, 2.24) is 0 Å². The maximum absolute atomic E-state index is 6.00. The summed E-state index contributed by atoms with van der Waals surface area (Å²) in [5.41, 5.74) is 8.41. The fraction of sp³-hybridized carbons (Fsp3) is 0.600. The van der Waals surface area contributed by atoms with Crippen molar-refractivity contribution in [2.45, 2.75) is 39.3 Å². The first-order valence-electron chi connectivity index (χ1n) is 6.72. The largest absolute Gasteiger partial charge is 0.377 e. The number of rotatable bonds is 7. The molecule has 3 nitrogen and oxygen atoms in total. The Kier molecular flexibility index (Phi) is 6.16. The molecule has 102 valence electrons. The summed E-state index contributed by atoms with van der Waals surface area (Å²) in [5, 5.41) is 0. The van der Waals surface area contributed by atoms with Gasteiger partial charge in [-0.25, -0.2) is 0 Å². The lowest BCUT2D eigenvalue weighted by atomic mass is 10.1. The zero-order chi connectivity index (χ0) is 13.5. The van der Waals surface area contributed by atoms with Crippen LogP contribution in [-0.2, 0) is 4.74 Å². The number of hydrogen-bond acceptors (Lipinski definition) is 3. The Balaban J connectivity index is 2.51. The Hall–Kier alpha value is -1.06. The molecule has 0 aliphatic heterocycles. The van der Waals surface area contributed by atoms with Gasteiger partial charge in [-0.05, 0) is 38.0 Å². The highest BCUT2D eigenvalue weighted by Crippen LogP contribution is 2.18. The number of nitrogens with zero attached hydrogens (tertiary/aromatic N) is 1. The van der Waals surface area contributed by atoms with Crippen LogP contribution >= 0.6 is 0 Å². The average Bonchev–Trinajstić information content (AvgIpc) is 2.37. The highest BCUT2D eigenvalue weighted by atomic mass is 16.5. The van der Waals surface area contributed by atoms with E-state index in [0.717, 1.165) is 19.6 Å². The van der Waals surface area contributed by atoms with Crippen molar-refractivity contribution in [1.29, 1.82) is 0 Å². The number of benzene rings is 1. The van der Waals surface area contributed by atoms with Gasteiger partial charge in [0, 0.05) is 25.3 Å². The van der Waals surface area contributed by atoms with E-state index >= 15 is 0 Å². The highest BCUT2D eigenvalue weighted by molar-refractivity contribution is 5.47. The molecular formula is C15H26N2O. The van der Waals surface area contributed by atoms with Crippen LogP contribution in [0.4, 0.5) is 5.69 Å². The van der Waals surface area contributed by atoms with Gasteiger partial charge >= 0.3 is 0 Å². The van der Waals surface area contributed by atoms with Crippen molar-refractivity contribution in [3.05, 3.63) is 29.8 Å². The Morgan fingerprint density at radius 2 is 1.83 bits per heavy atom. The minimum absolute atomic E-state index is 0.147. The van der Waals surface area contributed by atoms with Crippen LogP contribution in [0, 0.1) is 0 Å². The summed E-state index contributed by atoms with van der Waals surface area (Å²) in [6.45, 7) is 7.87. The van der Waals surface area contributed by atoms with Crippen molar-refractivity contribution in [3.63, 3.8) is 0 Å². The van der Waals surface area contributed by atoms with Crippen LogP contribution in [0.5, 0.6) is 0 Å². The molecule has 0 aliphatic carbocycles. The molecule has 1 aromatic rings. The lowest BCUT2D eigenvalue weighted by molar-refractivity contribution is 0.0846. The topological polar surface area (TPSA) is 38.5 Å². The molecule has 0 bridgehead atoms. The number of anilines is 1. The maximum Gasteiger partial charge on any atom is 0.0644 e. The van der Waals surface area contributed by atoms with Crippen molar-refractivity contribution in [2.24, 2.45) is 5.73 Å². The fourth-order valence-electron chi connectivity index (χ4n) is 1.77. The van der Waals surface area contributed by atoms with Crippen LogP contribution in [0.15, 0.2) is 24.3 Å². The van der Waals surface area contributed by atoms with Gasteiger partial charge in [-0.3, -0.25) is 0 Å². The van der Waals surface area contributed by atoms with E-state index in [1.165, 1.54) is 11.3 Å². The Labute approximate surface area is 111 Å². The van der Waals surface area contributed by atoms with Crippen LogP contribution in [-0.4, -0.2) is 26.3 Å². The molecular weight excluding hydrogens is 224 g/mol. The summed E-state index contributed by atoms with van der Waals surface area (Å²) in [4.78, 5) is 2.20. The van der Waals surface area contributed by atoms with E-state index in [9.17, 15) is 0 Å². The number of hydrogen-bond donors (Lipinski definition) is 1. The van der Waals surface area contributed by atoms with Crippen molar-refractivity contribution in [2.75, 3.05) is 25.1 Å². The Morgan fingerprint density at radius 3 is 2.33 bits per heavy atom. The molecule has 3 heteroatoms. The van der Waals surface area contributed by atoms with E-state index in [1.54, 1.807) is 0 Å². The fourth-order valence-corrected chi connectivity index (χ4v) is 1.77. The third-order valence-corrected chi connectivity index (χ3v) is 3.08. The van der Waals surface area contributed by atoms with E-state index in [2.05, 4.69) is 57.0 Å². The molecule has 0 heterocycles. The predicted octanol–water partition coefficient (Wildman–Crippen LogP) is 2.96. The summed E-state index contributed by atoms with van der Waals surface area (Å²) < 4.78 is 5.55. The van der Waals surface area contributed by atoms with Crippen LogP contribution in [0.2, 0.25) is 0 Å². The quantitative estimate of drug-likeness (QED) is 0.808. The molecule has 0 fully saturated rings. The summed E-state index contributed by atoms with van der Waals surface area (Å²) >= 11 is 0. The highest BCUT2D eigenvalue weighted by Gasteiger charge is 2.05. The molecule has 1 atom stereocenters. The predicted molar refractivity (Wildman–Crippen MR) is 78.0 cm³/mol. The molecule has 1 rings (SSSR count). The molecule has 0 radical (unpaired) electrons. The van der Waals surface area contributed by atoms with Crippen LogP contribution in [0.3, 0.4) is 0 Å². The SMILES string of the molecule is CC[C@H](N)c1ccc(N(C)CCOC(C)C)cc1. The Bertz CT molecular complexity index is 335. The number of nitrogens with two attached hydrogens (primary N) is 1. The first-order chi connectivity index (χ1) is 8.54. The molecule has 0 aromatic heterocycles. The van der Waals surface area contributed by atoms with Gasteiger partial charge in [-0.2, -0.15) is 0 Å². The second-order valence-electron chi connectivity index (χ2n) is 4.95. The molecule has 0 amide bonds. The van der Waals surface area contributed by atoms with E-state index in [1.807, 2.05) is 0 Å². The van der Waals surface area contributed by atoms with E-state index in [-0.39, 0.29) is 6.04 Å². The second kappa shape index (κ2) is 7.39. The lowest BCUT2D eigenvalue weighted by Crippen LogP contribution is -2.23. The normalized spacial score (nSPS) is 12.8. The Morgan fingerprint density at radius 1 is 1.22 bits per heavy atom. The van der Waals surface area contributed by atoms with Crippen LogP contribution in [0.25, 0.3) is 0 Å². The van der Waals surface area contributed by atoms with Gasteiger partial charge in [0.25, 0.3) is 0 Å². The minimum Gasteiger partial charge on any atom is -0.377 e. The van der Waals surface area contributed by atoms with Crippen LogP contribution in [0.1, 0.15) is 38.8 Å². The summed E-state index contributed by atoms with van der Waals surface area (Å²) in [6, 6.07) is 8.63. The van der Waals surface area contributed by atoms with E-state index in [0.29, 0.717) is 6.10 Å². The van der Waals surface area contributed by atoms with Gasteiger partial charge in [-0.15, -0.1) is 0 Å². The standard InChI is InChI=1S/C15H26N2O/c1-5-15(16)13-6-8-14(9-7-13)17(4)10-11-18-12(2)3/h6-9,12,15H,5,10-11,16H2,1-4H3/t15-/m0/s1. The molecule has 0 saturated carbocycles. The third kappa shape index (κ3) is 4.67. The molecule has 1 aromatic carbocycles. The average molecular weight is 250 g/mol. The molecule has 18 heavy (non-hydrogen) atoms. The van der Waals surface area contributed by atoms with Gasteiger partial charge in [0.2, 0.25) is 0 Å². The van der Waals surface area contributed by atoms with Gasteiger partial charge in [0.1, 0.15) is 0 Å². The van der Waals surface area contributed by atoms with E-state index < -0.39 is 0 Å². The lowest BCUT2D eigenvalue weighted by Gasteiger charge is -2.21. The molecule has 2 N–H and O–H groups in total. The summed E-state index contributed by atoms with van der Waals surface area (Å²) in [7, 11) is 2.08. The van der Waals surface area contributed by atoms with Crippen molar-refractivity contribution in [3.8, 4) is 0 Å². The summed E-state index contributed by atoms with van der Waals surface area (Å²) in [5.74, 6) is 0. The van der Waals surface area contributed by atoms with Gasteiger partial charge in [0.05, 0.1) is 12.7 Å². The van der Waals surface area contributed by atoms with Gasteiger partial charge in [-0.1, -0.05) is 19.1 Å². The number of ether oxygens (including phenoxy) is 1. The molecule has 0 aliphatic rings.